The standard InChI is InChI=1S/C25H30BrN3O5/c1-6-34-25(33)20-14(2)18(15(3)27-20)22(30)19-21(16-8-10-17(26)11-9-16)29(24(32)23(19)31)13-7-12-28(4)5/h8-11,21,27,30H,6-7,12-13H2,1-5H3/t21-/m1/s1. The molecule has 2 N–H and O–H groups in total. The Morgan fingerprint density at radius 2 is 1.85 bits per heavy atom. The number of aliphatic hydroxyl groups excluding tert-OH is 1. The number of likely N-dealkylation sites (tertiary alicyclic amines) is 1. The van der Waals surface area contributed by atoms with Crippen LogP contribution in [-0.4, -0.2) is 71.3 Å². The third kappa shape index (κ3) is 4.95. The fourth-order valence-electron chi connectivity index (χ4n) is 4.31. The molecular weight excluding hydrogens is 502 g/mol. The fourth-order valence-corrected chi connectivity index (χ4v) is 4.57. The average Bonchev–Trinajstić information content (AvgIpc) is 3.21. The average molecular weight is 532 g/mol. The zero-order valence-corrected chi connectivity index (χ0v) is 21.7. The molecule has 0 radical (unpaired) electrons. The van der Waals surface area contributed by atoms with Gasteiger partial charge in [-0.25, -0.2) is 4.79 Å². The van der Waals surface area contributed by atoms with Crippen LogP contribution in [0.15, 0.2) is 34.3 Å². The van der Waals surface area contributed by atoms with Crippen molar-refractivity contribution in [2.75, 3.05) is 33.8 Å². The highest BCUT2D eigenvalue weighted by Gasteiger charge is 2.46. The Balaban J connectivity index is 2.15. The third-order valence-electron chi connectivity index (χ3n) is 5.88. The topological polar surface area (TPSA) is 103 Å². The molecule has 1 atom stereocenters. The van der Waals surface area contributed by atoms with Crippen LogP contribution in [0.2, 0.25) is 0 Å². The van der Waals surface area contributed by atoms with Gasteiger partial charge in [0, 0.05) is 22.3 Å². The highest BCUT2D eigenvalue weighted by atomic mass is 79.9. The summed E-state index contributed by atoms with van der Waals surface area (Å²) in [6.07, 6.45) is 0.669. The minimum atomic E-state index is -0.743. The van der Waals surface area contributed by atoms with Crippen LogP contribution in [0.1, 0.15) is 52.3 Å². The lowest BCUT2D eigenvalue weighted by Crippen LogP contribution is -2.32. The minimum absolute atomic E-state index is 0.0118. The molecule has 1 aliphatic rings. The molecule has 0 saturated carbocycles. The molecule has 0 unspecified atom stereocenters. The number of esters is 1. The largest absolute Gasteiger partial charge is 0.507 e. The van der Waals surface area contributed by atoms with Crippen LogP contribution in [0.3, 0.4) is 0 Å². The van der Waals surface area contributed by atoms with Crippen molar-refractivity contribution in [2.24, 2.45) is 0 Å². The molecule has 1 aromatic carbocycles. The summed E-state index contributed by atoms with van der Waals surface area (Å²) in [6.45, 7) is 6.40. The van der Waals surface area contributed by atoms with Crippen molar-refractivity contribution in [3.8, 4) is 0 Å². The molecule has 1 amide bonds. The Morgan fingerprint density at radius 1 is 1.21 bits per heavy atom. The number of nitrogens with zero attached hydrogens (tertiary/aromatic N) is 2. The molecule has 1 fully saturated rings. The van der Waals surface area contributed by atoms with Crippen molar-refractivity contribution in [1.29, 1.82) is 0 Å². The van der Waals surface area contributed by atoms with Crippen LogP contribution in [0.5, 0.6) is 0 Å². The molecule has 182 valence electrons. The number of hydrogen-bond acceptors (Lipinski definition) is 6. The monoisotopic (exact) mass is 531 g/mol. The van der Waals surface area contributed by atoms with Gasteiger partial charge in [0.1, 0.15) is 11.5 Å². The molecule has 1 aliphatic heterocycles. The van der Waals surface area contributed by atoms with Gasteiger partial charge in [-0.15, -0.1) is 0 Å². The van der Waals surface area contributed by atoms with Gasteiger partial charge < -0.3 is 24.6 Å². The van der Waals surface area contributed by atoms with Crippen molar-refractivity contribution in [3.63, 3.8) is 0 Å². The summed E-state index contributed by atoms with van der Waals surface area (Å²) in [4.78, 5) is 45.1. The first-order valence-electron chi connectivity index (χ1n) is 11.1. The van der Waals surface area contributed by atoms with Gasteiger partial charge in [0.2, 0.25) is 0 Å². The van der Waals surface area contributed by atoms with Gasteiger partial charge in [-0.1, -0.05) is 28.1 Å². The maximum Gasteiger partial charge on any atom is 0.355 e. The Bertz CT molecular complexity index is 1130. The number of aromatic amines is 1. The number of carbonyl (C=O) groups excluding carboxylic acids is 3. The van der Waals surface area contributed by atoms with Crippen molar-refractivity contribution in [3.05, 3.63) is 62.4 Å². The molecule has 8 nitrogen and oxygen atoms in total. The van der Waals surface area contributed by atoms with Crippen molar-refractivity contribution < 1.29 is 24.2 Å². The second-order valence-electron chi connectivity index (χ2n) is 8.55. The van der Waals surface area contributed by atoms with Gasteiger partial charge in [0.05, 0.1) is 18.2 Å². The van der Waals surface area contributed by atoms with Crippen molar-refractivity contribution in [1.82, 2.24) is 14.8 Å². The lowest BCUT2D eigenvalue weighted by Gasteiger charge is -2.26. The number of Topliss-reactive ketones (excluding diaryl/α,β-unsaturated/α-hetero) is 1. The number of rotatable bonds is 8. The van der Waals surface area contributed by atoms with Crippen molar-refractivity contribution in [2.45, 2.75) is 33.2 Å². The highest BCUT2D eigenvalue weighted by molar-refractivity contribution is 9.10. The summed E-state index contributed by atoms with van der Waals surface area (Å²) in [5.41, 5.74) is 2.23. The van der Waals surface area contributed by atoms with E-state index in [0.717, 1.165) is 11.0 Å². The highest BCUT2D eigenvalue weighted by Crippen LogP contribution is 2.41. The number of benzene rings is 1. The molecule has 3 rings (SSSR count). The summed E-state index contributed by atoms with van der Waals surface area (Å²) in [5, 5.41) is 11.4. The number of H-pyrrole nitrogens is 1. The van der Waals surface area contributed by atoms with E-state index in [1.807, 2.05) is 43.3 Å². The SMILES string of the molecule is CCOC(=O)c1[nH]c(C)c(C(O)=C2C(=O)C(=O)N(CCCN(C)C)[C@@H]2c2ccc(Br)cc2)c1C. The van der Waals surface area contributed by atoms with E-state index in [1.54, 1.807) is 20.8 Å². The maximum absolute atomic E-state index is 13.2. The zero-order chi connectivity index (χ0) is 25.2. The quantitative estimate of drug-likeness (QED) is 0.231. The number of hydrogen-bond donors (Lipinski definition) is 2. The molecule has 1 saturated heterocycles. The number of carbonyl (C=O) groups is 3. The van der Waals surface area contributed by atoms with E-state index >= 15 is 0 Å². The second kappa shape index (κ2) is 10.6. The number of aromatic nitrogens is 1. The summed E-state index contributed by atoms with van der Waals surface area (Å²) in [6, 6.07) is 6.58. The molecule has 34 heavy (non-hydrogen) atoms. The van der Waals surface area contributed by atoms with Gasteiger partial charge in [0.25, 0.3) is 11.7 Å². The molecule has 0 aliphatic carbocycles. The van der Waals surface area contributed by atoms with Crippen LogP contribution in [-0.2, 0) is 14.3 Å². The predicted molar refractivity (Wildman–Crippen MR) is 133 cm³/mol. The third-order valence-corrected chi connectivity index (χ3v) is 6.41. The summed E-state index contributed by atoms with van der Waals surface area (Å²) in [7, 11) is 3.89. The number of aryl methyl sites for hydroxylation is 1. The van der Waals surface area contributed by atoms with Gasteiger partial charge in [-0.3, -0.25) is 9.59 Å². The van der Waals surface area contributed by atoms with E-state index in [1.165, 1.54) is 4.90 Å². The number of nitrogens with one attached hydrogen (secondary N) is 1. The molecule has 1 aromatic heterocycles. The molecule has 0 bridgehead atoms. The number of ketones is 1. The molecule has 2 heterocycles. The van der Waals surface area contributed by atoms with Gasteiger partial charge in [-0.2, -0.15) is 0 Å². The Hall–Kier alpha value is -2.91. The molecule has 2 aromatic rings. The van der Waals surface area contributed by atoms with E-state index in [9.17, 15) is 19.5 Å². The van der Waals surface area contributed by atoms with E-state index in [-0.39, 0.29) is 23.6 Å². The Morgan fingerprint density at radius 3 is 2.44 bits per heavy atom. The zero-order valence-electron chi connectivity index (χ0n) is 20.1. The van der Waals surface area contributed by atoms with Crippen LogP contribution >= 0.6 is 15.9 Å². The lowest BCUT2D eigenvalue weighted by atomic mass is 9.94. The normalized spacial score (nSPS) is 17.6. The number of halogens is 1. The smallest absolute Gasteiger partial charge is 0.355 e. The van der Waals surface area contributed by atoms with Crippen LogP contribution in [0.25, 0.3) is 5.76 Å². The van der Waals surface area contributed by atoms with Gasteiger partial charge in [0.15, 0.2) is 0 Å². The minimum Gasteiger partial charge on any atom is -0.507 e. The summed E-state index contributed by atoms with van der Waals surface area (Å²) in [5.74, 6) is -2.24. The van der Waals surface area contributed by atoms with Crippen LogP contribution in [0.4, 0.5) is 0 Å². The Kier molecular flexibility index (Phi) is 7.99. The van der Waals surface area contributed by atoms with Gasteiger partial charge in [-0.05, 0) is 71.1 Å². The predicted octanol–water partition coefficient (Wildman–Crippen LogP) is 3.94. The van der Waals surface area contributed by atoms with Crippen LogP contribution < -0.4 is 0 Å². The molecule has 0 spiro atoms. The summed E-state index contributed by atoms with van der Waals surface area (Å²) < 4.78 is 5.96. The lowest BCUT2D eigenvalue weighted by molar-refractivity contribution is -0.139. The maximum atomic E-state index is 13.2. The number of aliphatic hydroxyl groups is 1. The van der Waals surface area contributed by atoms with E-state index in [0.29, 0.717) is 35.3 Å². The Labute approximate surface area is 207 Å². The van der Waals surface area contributed by atoms with Gasteiger partial charge >= 0.3 is 5.97 Å². The van der Waals surface area contributed by atoms with E-state index in [2.05, 4.69) is 20.9 Å². The summed E-state index contributed by atoms with van der Waals surface area (Å²) >= 11 is 3.42. The number of ether oxygens (including phenoxy) is 1. The first kappa shape index (κ1) is 25.7. The molecular formula is C25H30BrN3O5. The second-order valence-corrected chi connectivity index (χ2v) is 9.46. The van der Waals surface area contributed by atoms with E-state index in [4.69, 9.17) is 4.74 Å². The van der Waals surface area contributed by atoms with Crippen LogP contribution in [0, 0.1) is 13.8 Å². The number of amides is 1. The fraction of sp³-hybridized carbons (Fsp3) is 0.400. The first-order chi connectivity index (χ1) is 16.1. The first-order valence-corrected chi connectivity index (χ1v) is 11.9. The molecule has 9 heteroatoms. The van der Waals surface area contributed by atoms with E-state index < -0.39 is 23.7 Å². The van der Waals surface area contributed by atoms with Crippen molar-refractivity contribution >= 4 is 39.3 Å².